The molecule has 0 aromatic heterocycles. The van der Waals surface area contributed by atoms with Crippen molar-refractivity contribution in [2.24, 2.45) is 5.73 Å². The first kappa shape index (κ1) is 7.76. The van der Waals surface area contributed by atoms with Crippen LogP contribution in [0.5, 0.6) is 0 Å². The molecule has 4 nitrogen and oxygen atoms in total. The van der Waals surface area contributed by atoms with Gasteiger partial charge in [-0.05, 0) is 19.3 Å². The summed E-state index contributed by atoms with van der Waals surface area (Å²) < 4.78 is 5.69. The second-order valence-corrected chi connectivity index (χ2v) is 4.27. The second-order valence-electron chi connectivity index (χ2n) is 4.27. The first-order chi connectivity index (χ1) is 6.25. The molecule has 3 saturated heterocycles. The highest BCUT2D eigenvalue weighted by Gasteiger charge is 2.49. The first-order valence-corrected chi connectivity index (χ1v) is 4.97. The Morgan fingerprint density at radius 2 is 2.31 bits per heavy atom. The van der Waals surface area contributed by atoms with Gasteiger partial charge in [0.05, 0.1) is 18.2 Å². The van der Waals surface area contributed by atoms with Gasteiger partial charge in [-0.1, -0.05) is 0 Å². The van der Waals surface area contributed by atoms with Gasteiger partial charge in [-0.2, -0.15) is 0 Å². The van der Waals surface area contributed by atoms with Crippen molar-refractivity contribution in [3.8, 4) is 0 Å². The summed E-state index contributed by atoms with van der Waals surface area (Å²) in [6, 6.07) is 0.102. The van der Waals surface area contributed by atoms with Gasteiger partial charge in [-0.3, -0.25) is 4.79 Å². The fourth-order valence-electron chi connectivity index (χ4n) is 2.72. The molecule has 2 N–H and O–H groups in total. The molecule has 0 spiro atoms. The van der Waals surface area contributed by atoms with Gasteiger partial charge in [0.1, 0.15) is 6.04 Å². The van der Waals surface area contributed by atoms with Gasteiger partial charge < -0.3 is 15.4 Å². The molecule has 0 aliphatic carbocycles. The monoisotopic (exact) mass is 182 g/mol. The molecular formula is C9H14N2O2. The van der Waals surface area contributed by atoms with Crippen molar-refractivity contribution < 1.29 is 9.53 Å². The molecule has 3 aliphatic heterocycles. The van der Waals surface area contributed by atoms with E-state index in [-0.39, 0.29) is 11.9 Å². The fraction of sp³-hybridized carbons (Fsp3) is 0.889. The topological polar surface area (TPSA) is 55.6 Å². The summed E-state index contributed by atoms with van der Waals surface area (Å²) in [6.07, 6.45) is 4.05. The lowest BCUT2D eigenvalue weighted by atomic mass is 9.91. The van der Waals surface area contributed by atoms with Crippen LogP contribution in [0.3, 0.4) is 0 Å². The van der Waals surface area contributed by atoms with Crippen molar-refractivity contribution in [2.75, 3.05) is 6.54 Å². The summed E-state index contributed by atoms with van der Waals surface area (Å²) in [5.74, 6) is 0.112. The summed E-state index contributed by atoms with van der Waals surface area (Å²) >= 11 is 0. The van der Waals surface area contributed by atoms with E-state index in [1.165, 1.54) is 6.42 Å². The number of rotatable bonds is 1. The fourth-order valence-corrected chi connectivity index (χ4v) is 2.72. The van der Waals surface area contributed by atoms with Crippen LogP contribution in [0.25, 0.3) is 0 Å². The number of nitrogens with two attached hydrogens (primary N) is 1. The molecule has 3 aliphatic rings. The summed E-state index contributed by atoms with van der Waals surface area (Å²) in [7, 11) is 0. The third-order valence-corrected chi connectivity index (χ3v) is 3.47. The standard InChI is InChI=1S/C9H14N2O2/c10-6-4-11(9(6)12)7-3-5-1-2-8(7)13-5/h5-8H,1-4,10H2. The zero-order valence-electron chi connectivity index (χ0n) is 7.48. The number of amides is 1. The lowest BCUT2D eigenvalue weighted by Gasteiger charge is -2.42. The van der Waals surface area contributed by atoms with E-state index in [1.807, 2.05) is 4.90 Å². The molecule has 4 heteroatoms. The van der Waals surface area contributed by atoms with Gasteiger partial charge in [0.15, 0.2) is 0 Å². The number of β-lactam (4-membered cyclic amide) rings is 1. The average Bonchev–Trinajstić information content (AvgIpc) is 2.74. The van der Waals surface area contributed by atoms with Crippen molar-refractivity contribution in [3.63, 3.8) is 0 Å². The summed E-state index contributed by atoms with van der Waals surface area (Å²) in [5.41, 5.74) is 5.55. The molecule has 3 heterocycles. The maximum atomic E-state index is 11.4. The van der Waals surface area contributed by atoms with Gasteiger partial charge >= 0.3 is 0 Å². The van der Waals surface area contributed by atoms with Gasteiger partial charge in [-0.25, -0.2) is 0 Å². The van der Waals surface area contributed by atoms with E-state index in [2.05, 4.69) is 0 Å². The number of hydrogen-bond donors (Lipinski definition) is 1. The molecule has 0 aromatic carbocycles. The Bertz CT molecular complexity index is 256. The Balaban J connectivity index is 1.71. The first-order valence-electron chi connectivity index (χ1n) is 4.97. The minimum absolute atomic E-state index is 0.112. The summed E-state index contributed by atoms with van der Waals surface area (Å²) in [6.45, 7) is 0.732. The molecule has 3 rings (SSSR count). The van der Waals surface area contributed by atoms with Gasteiger partial charge in [0, 0.05) is 6.54 Å². The average molecular weight is 182 g/mol. The molecule has 0 saturated carbocycles. The number of ether oxygens (including phenoxy) is 1. The van der Waals surface area contributed by atoms with E-state index in [0.717, 1.165) is 19.4 Å². The molecule has 13 heavy (non-hydrogen) atoms. The minimum atomic E-state index is -0.237. The number of carbonyl (C=O) groups excluding carboxylic acids is 1. The smallest absolute Gasteiger partial charge is 0.241 e. The van der Waals surface area contributed by atoms with Crippen LogP contribution < -0.4 is 5.73 Å². The van der Waals surface area contributed by atoms with Crippen LogP contribution >= 0.6 is 0 Å². The van der Waals surface area contributed by atoms with Crippen LogP contribution in [0.15, 0.2) is 0 Å². The molecular weight excluding hydrogens is 168 g/mol. The van der Waals surface area contributed by atoms with Crippen LogP contribution in [-0.2, 0) is 9.53 Å². The summed E-state index contributed by atoms with van der Waals surface area (Å²) in [4.78, 5) is 13.3. The Kier molecular flexibility index (Phi) is 1.46. The normalized spacial score (nSPS) is 48.4. The highest BCUT2D eigenvalue weighted by Crippen LogP contribution is 2.38. The number of nitrogens with zero attached hydrogens (tertiary/aromatic N) is 1. The molecule has 1 amide bonds. The van der Waals surface area contributed by atoms with Crippen molar-refractivity contribution in [1.29, 1.82) is 0 Å². The third kappa shape index (κ3) is 0.957. The van der Waals surface area contributed by atoms with E-state index in [4.69, 9.17) is 10.5 Å². The number of carbonyl (C=O) groups is 1. The van der Waals surface area contributed by atoms with E-state index in [0.29, 0.717) is 18.2 Å². The van der Waals surface area contributed by atoms with Crippen molar-refractivity contribution >= 4 is 5.91 Å². The van der Waals surface area contributed by atoms with Gasteiger partial charge in [0.2, 0.25) is 5.91 Å². The second kappa shape index (κ2) is 2.45. The number of hydrogen-bond acceptors (Lipinski definition) is 3. The lowest BCUT2D eigenvalue weighted by Crippen LogP contribution is -2.65. The Morgan fingerprint density at radius 1 is 1.46 bits per heavy atom. The van der Waals surface area contributed by atoms with Crippen LogP contribution in [0, 0.1) is 0 Å². The number of likely N-dealkylation sites (tertiary alicyclic amines) is 1. The Hall–Kier alpha value is -0.610. The van der Waals surface area contributed by atoms with E-state index in [9.17, 15) is 4.79 Å². The number of fused-ring (bicyclic) bond motifs is 2. The quantitative estimate of drug-likeness (QED) is 0.555. The minimum Gasteiger partial charge on any atom is -0.373 e. The molecule has 4 unspecified atom stereocenters. The SMILES string of the molecule is NC1CN(C2CC3CCC2O3)C1=O. The zero-order chi connectivity index (χ0) is 9.00. The van der Waals surface area contributed by atoms with Gasteiger partial charge in [0.25, 0.3) is 0 Å². The van der Waals surface area contributed by atoms with E-state index >= 15 is 0 Å². The summed E-state index contributed by atoms with van der Waals surface area (Å²) in [5, 5.41) is 0. The Morgan fingerprint density at radius 3 is 2.77 bits per heavy atom. The molecule has 0 radical (unpaired) electrons. The molecule has 3 fully saturated rings. The van der Waals surface area contributed by atoms with Crippen molar-refractivity contribution in [1.82, 2.24) is 4.90 Å². The third-order valence-electron chi connectivity index (χ3n) is 3.47. The molecule has 72 valence electrons. The lowest BCUT2D eigenvalue weighted by molar-refractivity contribution is -0.147. The Labute approximate surface area is 77.0 Å². The highest BCUT2D eigenvalue weighted by molar-refractivity contribution is 5.88. The molecule has 2 bridgehead atoms. The van der Waals surface area contributed by atoms with Gasteiger partial charge in [-0.15, -0.1) is 0 Å². The van der Waals surface area contributed by atoms with Crippen molar-refractivity contribution in [2.45, 2.75) is 43.6 Å². The largest absolute Gasteiger partial charge is 0.373 e. The van der Waals surface area contributed by atoms with Crippen LogP contribution in [-0.4, -0.2) is 41.6 Å². The predicted octanol–water partition coefficient (Wildman–Crippen LogP) is -0.524. The van der Waals surface area contributed by atoms with Crippen LogP contribution in [0.2, 0.25) is 0 Å². The maximum Gasteiger partial charge on any atom is 0.241 e. The molecule has 0 aromatic rings. The maximum absolute atomic E-state index is 11.4. The highest BCUT2D eigenvalue weighted by atomic mass is 16.5. The predicted molar refractivity (Wildman–Crippen MR) is 46.0 cm³/mol. The van der Waals surface area contributed by atoms with Crippen LogP contribution in [0.1, 0.15) is 19.3 Å². The van der Waals surface area contributed by atoms with E-state index < -0.39 is 0 Å². The van der Waals surface area contributed by atoms with Crippen LogP contribution in [0.4, 0.5) is 0 Å². The molecule has 4 atom stereocenters. The zero-order valence-corrected chi connectivity index (χ0v) is 7.48. The van der Waals surface area contributed by atoms with E-state index in [1.54, 1.807) is 0 Å². The van der Waals surface area contributed by atoms with Crippen molar-refractivity contribution in [3.05, 3.63) is 0 Å².